The number of fused-ring (bicyclic) bond motifs is 1. The maximum atomic E-state index is 11.3. The summed E-state index contributed by atoms with van der Waals surface area (Å²) in [7, 11) is -4.40. The summed E-state index contributed by atoms with van der Waals surface area (Å²) in [5, 5.41) is 10.4. The molecule has 2 aromatic carbocycles. The Morgan fingerprint density at radius 1 is 1.24 bits per heavy atom. The molecule has 0 radical (unpaired) electrons. The predicted molar refractivity (Wildman–Crippen MR) is 64.6 cm³/mol. The summed E-state index contributed by atoms with van der Waals surface area (Å²) in [4.78, 5) is -0.285. The average molecular weight is 253 g/mol. The molecule has 0 saturated heterocycles. The molecule has 0 spiro atoms. The molecule has 0 aliphatic carbocycles. The highest BCUT2D eigenvalue weighted by molar-refractivity contribution is 7.86. The normalized spacial score (nSPS) is 11.9. The third-order valence-corrected chi connectivity index (χ3v) is 3.64. The topological polar surface area (TPSA) is 101 Å². The molecule has 17 heavy (non-hydrogen) atoms. The van der Waals surface area contributed by atoms with Crippen LogP contribution >= 0.6 is 0 Å². The quantitative estimate of drug-likeness (QED) is 0.530. The van der Waals surface area contributed by atoms with Gasteiger partial charge in [-0.3, -0.25) is 4.55 Å². The molecule has 0 amide bonds. The van der Waals surface area contributed by atoms with E-state index in [0.717, 1.165) is 0 Å². The first-order valence-electron chi connectivity index (χ1n) is 4.80. The number of aromatic hydroxyl groups is 1. The van der Waals surface area contributed by atoms with Crippen molar-refractivity contribution in [2.24, 2.45) is 0 Å². The van der Waals surface area contributed by atoms with Crippen LogP contribution in [0.4, 0.5) is 5.69 Å². The van der Waals surface area contributed by atoms with Gasteiger partial charge in [0.15, 0.2) is 0 Å². The van der Waals surface area contributed by atoms with Crippen LogP contribution in [0.3, 0.4) is 0 Å². The number of nitrogens with two attached hydrogens (primary N) is 1. The standard InChI is InChI=1S/C11H11NO4S/c1-6-10(13)5-7-4-8(12)2-3-9(7)11(6)17(14,15)16/h2-5,13H,12H2,1H3,(H,14,15,16). The van der Waals surface area contributed by atoms with Crippen molar-refractivity contribution >= 4 is 26.6 Å². The molecule has 0 fully saturated rings. The van der Waals surface area contributed by atoms with E-state index < -0.39 is 10.1 Å². The molecule has 90 valence electrons. The Hall–Kier alpha value is -1.79. The Balaban J connectivity index is 3.03. The van der Waals surface area contributed by atoms with Crippen LogP contribution in [0.2, 0.25) is 0 Å². The fourth-order valence-corrected chi connectivity index (χ4v) is 2.77. The average Bonchev–Trinajstić information content (AvgIpc) is 2.18. The van der Waals surface area contributed by atoms with E-state index in [2.05, 4.69) is 0 Å². The summed E-state index contributed by atoms with van der Waals surface area (Å²) in [6.07, 6.45) is 0. The second kappa shape index (κ2) is 3.61. The Morgan fingerprint density at radius 3 is 2.47 bits per heavy atom. The van der Waals surface area contributed by atoms with Crippen LogP contribution in [0.25, 0.3) is 10.8 Å². The van der Waals surface area contributed by atoms with Crippen molar-refractivity contribution in [2.75, 3.05) is 5.73 Å². The predicted octanol–water partition coefficient (Wildman–Crippen LogP) is 1.68. The summed E-state index contributed by atoms with van der Waals surface area (Å²) in [6, 6.07) is 5.98. The number of anilines is 1. The lowest BCUT2D eigenvalue weighted by molar-refractivity contribution is 0.463. The first-order valence-corrected chi connectivity index (χ1v) is 6.24. The van der Waals surface area contributed by atoms with Crippen LogP contribution in [0.1, 0.15) is 5.56 Å². The van der Waals surface area contributed by atoms with Gasteiger partial charge in [0.25, 0.3) is 10.1 Å². The summed E-state index contributed by atoms with van der Waals surface area (Å²) in [5.41, 5.74) is 6.14. The molecule has 0 saturated carbocycles. The molecule has 0 atom stereocenters. The maximum Gasteiger partial charge on any atom is 0.295 e. The van der Waals surface area contributed by atoms with Crippen LogP contribution in [-0.2, 0) is 10.1 Å². The molecule has 2 aromatic rings. The van der Waals surface area contributed by atoms with Crippen molar-refractivity contribution in [3.8, 4) is 5.75 Å². The van der Waals surface area contributed by atoms with Gasteiger partial charge in [0.1, 0.15) is 10.6 Å². The minimum atomic E-state index is -4.40. The molecule has 2 rings (SSSR count). The number of phenols is 1. The first-order chi connectivity index (χ1) is 7.80. The SMILES string of the molecule is Cc1c(O)cc2cc(N)ccc2c1S(=O)(=O)O. The van der Waals surface area contributed by atoms with Crippen molar-refractivity contribution in [2.45, 2.75) is 11.8 Å². The monoisotopic (exact) mass is 253 g/mol. The zero-order valence-corrected chi connectivity index (χ0v) is 9.82. The van der Waals surface area contributed by atoms with Crippen molar-refractivity contribution < 1.29 is 18.1 Å². The molecular weight excluding hydrogens is 242 g/mol. The van der Waals surface area contributed by atoms with Crippen molar-refractivity contribution in [1.82, 2.24) is 0 Å². The Bertz CT molecular complexity index is 707. The van der Waals surface area contributed by atoms with E-state index in [1.54, 1.807) is 0 Å². The second-order valence-corrected chi connectivity index (χ2v) is 5.16. The molecule has 0 aromatic heterocycles. The smallest absolute Gasteiger partial charge is 0.295 e. The summed E-state index contributed by atoms with van der Waals surface area (Å²) in [5.74, 6) is -0.198. The van der Waals surface area contributed by atoms with Gasteiger partial charge in [-0.25, -0.2) is 0 Å². The number of nitrogen functional groups attached to an aromatic ring is 1. The number of hydrogen-bond donors (Lipinski definition) is 3. The highest BCUT2D eigenvalue weighted by atomic mass is 32.2. The van der Waals surface area contributed by atoms with Gasteiger partial charge in [-0.15, -0.1) is 0 Å². The zero-order chi connectivity index (χ0) is 12.8. The highest BCUT2D eigenvalue weighted by Gasteiger charge is 2.20. The number of hydrogen-bond acceptors (Lipinski definition) is 4. The third kappa shape index (κ3) is 1.92. The van der Waals surface area contributed by atoms with Gasteiger partial charge in [-0.1, -0.05) is 6.07 Å². The first kappa shape index (κ1) is 11.7. The Kier molecular flexibility index (Phi) is 2.48. The molecule has 0 aliphatic heterocycles. The Labute approximate surface area is 98.2 Å². The minimum absolute atomic E-state index is 0.116. The fourth-order valence-electron chi connectivity index (χ4n) is 1.81. The van der Waals surface area contributed by atoms with Crippen LogP contribution < -0.4 is 5.73 Å². The van der Waals surface area contributed by atoms with E-state index in [1.807, 2.05) is 0 Å². The molecular formula is C11H11NO4S. The lowest BCUT2D eigenvalue weighted by Gasteiger charge is -2.10. The van der Waals surface area contributed by atoms with Gasteiger partial charge in [-0.05, 0) is 30.5 Å². The molecule has 6 heteroatoms. The van der Waals surface area contributed by atoms with Crippen LogP contribution in [0, 0.1) is 6.92 Å². The van der Waals surface area contributed by atoms with Crippen LogP contribution in [0.15, 0.2) is 29.2 Å². The van der Waals surface area contributed by atoms with Crippen molar-refractivity contribution in [1.29, 1.82) is 0 Å². The molecule has 5 nitrogen and oxygen atoms in total. The zero-order valence-electron chi connectivity index (χ0n) is 9.01. The largest absolute Gasteiger partial charge is 0.508 e. The van der Waals surface area contributed by atoms with Crippen molar-refractivity contribution in [3.05, 3.63) is 29.8 Å². The molecule has 0 unspecified atom stereocenters. The van der Waals surface area contributed by atoms with E-state index in [0.29, 0.717) is 16.5 Å². The molecule has 4 N–H and O–H groups in total. The van der Waals surface area contributed by atoms with Gasteiger partial charge in [-0.2, -0.15) is 8.42 Å². The molecule has 0 bridgehead atoms. The lowest BCUT2D eigenvalue weighted by atomic mass is 10.1. The van der Waals surface area contributed by atoms with E-state index >= 15 is 0 Å². The molecule has 0 aliphatic rings. The van der Waals surface area contributed by atoms with Gasteiger partial charge in [0.05, 0.1) is 0 Å². The molecule has 0 heterocycles. The van der Waals surface area contributed by atoms with E-state index in [-0.39, 0.29) is 16.2 Å². The van der Waals surface area contributed by atoms with E-state index in [9.17, 15) is 18.1 Å². The van der Waals surface area contributed by atoms with Gasteiger partial charge in [0.2, 0.25) is 0 Å². The maximum absolute atomic E-state index is 11.3. The minimum Gasteiger partial charge on any atom is -0.508 e. The van der Waals surface area contributed by atoms with Gasteiger partial charge < -0.3 is 10.8 Å². The summed E-state index contributed by atoms with van der Waals surface area (Å²) < 4.78 is 31.8. The number of benzene rings is 2. The van der Waals surface area contributed by atoms with E-state index in [1.165, 1.54) is 31.2 Å². The van der Waals surface area contributed by atoms with Crippen LogP contribution in [0.5, 0.6) is 5.75 Å². The van der Waals surface area contributed by atoms with Crippen molar-refractivity contribution in [3.63, 3.8) is 0 Å². The summed E-state index contributed by atoms with van der Waals surface area (Å²) in [6.45, 7) is 1.42. The van der Waals surface area contributed by atoms with Gasteiger partial charge >= 0.3 is 0 Å². The Morgan fingerprint density at radius 2 is 1.88 bits per heavy atom. The second-order valence-electron chi connectivity index (χ2n) is 3.81. The van der Waals surface area contributed by atoms with E-state index in [4.69, 9.17) is 5.73 Å². The number of phenolic OH excluding ortho intramolecular Hbond substituents is 1. The third-order valence-electron chi connectivity index (χ3n) is 2.60. The number of rotatable bonds is 1. The highest BCUT2D eigenvalue weighted by Crippen LogP contribution is 2.33. The van der Waals surface area contributed by atoms with Gasteiger partial charge in [0, 0.05) is 16.6 Å². The summed E-state index contributed by atoms with van der Waals surface area (Å²) >= 11 is 0. The fraction of sp³-hybridized carbons (Fsp3) is 0.0909. The van der Waals surface area contributed by atoms with Crippen LogP contribution in [-0.4, -0.2) is 18.1 Å². The lowest BCUT2D eigenvalue weighted by Crippen LogP contribution is -2.02.